The summed E-state index contributed by atoms with van der Waals surface area (Å²) in [7, 11) is 0. The molecule has 4 heteroatoms. The first-order valence-electron chi connectivity index (χ1n) is 4.67. The molecule has 0 spiro atoms. The lowest BCUT2D eigenvalue weighted by Crippen LogP contribution is -2.35. The van der Waals surface area contributed by atoms with E-state index in [4.69, 9.17) is 17.2 Å². The number of nitrogens with two attached hydrogens (primary N) is 3. The van der Waals surface area contributed by atoms with Crippen LogP contribution in [0.15, 0.2) is 0 Å². The van der Waals surface area contributed by atoms with Crippen molar-refractivity contribution in [1.29, 1.82) is 0 Å². The Hall–Kier alpha value is -0.160. The average molecular weight is 174 g/mol. The van der Waals surface area contributed by atoms with Crippen molar-refractivity contribution in [2.24, 2.45) is 17.2 Å². The van der Waals surface area contributed by atoms with Crippen LogP contribution in [0.25, 0.3) is 0 Å². The van der Waals surface area contributed by atoms with Crippen molar-refractivity contribution in [3.8, 4) is 0 Å². The number of nitrogens with one attached hydrogen (secondary N) is 1. The van der Waals surface area contributed by atoms with Gasteiger partial charge in [-0.2, -0.15) is 0 Å². The molecule has 4 nitrogen and oxygen atoms in total. The van der Waals surface area contributed by atoms with Gasteiger partial charge in [-0.15, -0.1) is 0 Å². The first-order valence-corrected chi connectivity index (χ1v) is 4.67. The van der Waals surface area contributed by atoms with Crippen molar-refractivity contribution in [1.82, 2.24) is 5.32 Å². The Bertz CT molecular complexity index is 87.1. The summed E-state index contributed by atoms with van der Waals surface area (Å²) >= 11 is 0. The lowest BCUT2D eigenvalue weighted by Gasteiger charge is -2.11. The molecule has 0 aromatic heterocycles. The first-order chi connectivity index (χ1) is 5.81. The molecule has 0 amide bonds. The third-order valence-corrected chi connectivity index (χ3v) is 1.74. The van der Waals surface area contributed by atoms with Crippen LogP contribution in [-0.4, -0.2) is 32.2 Å². The molecule has 0 aromatic rings. The van der Waals surface area contributed by atoms with Crippen molar-refractivity contribution < 1.29 is 0 Å². The highest BCUT2D eigenvalue weighted by atomic mass is 14.9. The van der Waals surface area contributed by atoms with E-state index in [1.54, 1.807) is 0 Å². The molecule has 0 bridgehead atoms. The van der Waals surface area contributed by atoms with Gasteiger partial charge in [0, 0.05) is 12.6 Å². The van der Waals surface area contributed by atoms with Crippen LogP contribution in [0.3, 0.4) is 0 Å². The van der Waals surface area contributed by atoms with Crippen molar-refractivity contribution in [3.63, 3.8) is 0 Å². The fraction of sp³-hybridized carbons (Fsp3) is 1.00. The molecule has 74 valence electrons. The van der Waals surface area contributed by atoms with Crippen molar-refractivity contribution >= 4 is 0 Å². The summed E-state index contributed by atoms with van der Waals surface area (Å²) in [5.41, 5.74) is 16.5. The van der Waals surface area contributed by atoms with Crippen LogP contribution in [-0.2, 0) is 0 Å². The molecule has 0 saturated heterocycles. The molecular formula is C8H22N4. The molecule has 0 saturated carbocycles. The van der Waals surface area contributed by atoms with Crippen molar-refractivity contribution in [2.75, 3.05) is 26.2 Å². The maximum atomic E-state index is 5.79. The first kappa shape index (κ1) is 11.8. The number of hydrogen-bond acceptors (Lipinski definition) is 4. The van der Waals surface area contributed by atoms with E-state index in [2.05, 4.69) is 5.32 Å². The molecular weight excluding hydrogens is 152 g/mol. The Kier molecular flexibility index (Phi) is 8.81. The Labute approximate surface area is 74.9 Å². The molecule has 0 fully saturated rings. The van der Waals surface area contributed by atoms with E-state index in [9.17, 15) is 0 Å². The predicted molar refractivity (Wildman–Crippen MR) is 52.8 cm³/mol. The molecule has 12 heavy (non-hydrogen) atoms. The molecule has 0 heterocycles. The monoisotopic (exact) mass is 174 g/mol. The van der Waals surface area contributed by atoms with Crippen LogP contribution in [0.4, 0.5) is 0 Å². The lowest BCUT2D eigenvalue weighted by atomic mass is 10.1. The second-order valence-electron chi connectivity index (χ2n) is 3.04. The molecule has 0 rings (SSSR count). The van der Waals surface area contributed by atoms with Gasteiger partial charge in [-0.3, -0.25) is 0 Å². The molecule has 0 aromatic carbocycles. The summed E-state index contributed by atoms with van der Waals surface area (Å²) in [6, 6.07) is 0.242. The van der Waals surface area contributed by atoms with Gasteiger partial charge in [-0.1, -0.05) is 0 Å². The van der Waals surface area contributed by atoms with E-state index >= 15 is 0 Å². The summed E-state index contributed by atoms with van der Waals surface area (Å²) in [5, 5.41) is 3.25. The van der Waals surface area contributed by atoms with E-state index in [1.807, 2.05) is 0 Å². The largest absolute Gasteiger partial charge is 0.330 e. The standard InChI is InChI=1S/C8H22N4/c9-4-1-3-8(11)7-12-6-2-5-10/h8,12H,1-7,9-11H2/t8-/m0/s1. The zero-order valence-electron chi connectivity index (χ0n) is 7.76. The highest BCUT2D eigenvalue weighted by Gasteiger charge is 1.99. The van der Waals surface area contributed by atoms with Crippen LogP contribution in [0, 0.1) is 0 Å². The second kappa shape index (κ2) is 8.93. The van der Waals surface area contributed by atoms with Gasteiger partial charge in [0.1, 0.15) is 0 Å². The van der Waals surface area contributed by atoms with Gasteiger partial charge in [-0.05, 0) is 38.9 Å². The molecule has 0 radical (unpaired) electrons. The minimum Gasteiger partial charge on any atom is -0.330 e. The van der Waals surface area contributed by atoms with E-state index in [1.165, 1.54) is 0 Å². The number of hydrogen-bond donors (Lipinski definition) is 4. The topological polar surface area (TPSA) is 90.1 Å². The maximum Gasteiger partial charge on any atom is 0.0165 e. The van der Waals surface area contributed by atoms with E-state index in [0.29, 0.717) is 0 Å². The molecule has 7 N–H and O–H groups in total. The summed E-state index contributed by atoms with van der Waals surface area (Å²) in [5.74, 6) is 0. The smallest absolute Gasteiger partial charge is 0.0165 e. The lowest BCUT2D eigenvalue weighted by molar-refractivity contribution is 0.527. The van der Waals surface area contributed by atoms with Crippen LogP contribution in [0.5, 0.6) is 0 Å². The SMILES string of the molecule is NCCCNC[C@@H](N)CCCN. The van der Waals surface area contributed by atoms with E-state index < -0.39 is 0 Å². The van der Waals surface area contributed by atoms with Crippen LogP contribution >= 0.6 is 0 Å². The molecule has 0 aliphatic rings. The zero-order chi connectivity index (χ0) is 9.23. The fourth-order valence-corrected chi connectivity index (χ4v) is 0.997. The Balaban J connectivity index is 3.02. The van der Waals surface area contributed by atoms with E-state index in [0.717, 1.165) is 45.4 Å². The van der Waals surface area contributed by atoms with Crippen LogP contribution in [0.2, 0.25) is 0 Å². The fourth-order valence-electron chi connectivity index (χ4n) is 0.997. The summed E-state index contributed by atoms with van der Waals surface area (Å²) in [6.07, 6.45) is 3.04. The molecule has 1 atom stereocenters. The van der Waals surface area contributed by atoms with Gasteiger partial charge >= 0.3 is 0 Å². The Morgan fingerprint density at radius 1 is 1.08 bits per heavy atom. The quantitative estimate of drug-likeness (QED) is 0.355. The summed E-state index contributed by atoms with van der Waals surface area (Å²) in [4.78, 5) is 0. The average Bonchev–Trinajstić information content (AvgIpc) is 2.09. The van der Waals surface area contributed by atoms with Gasteiger partial charge in [0.05, 0.1) is 0 Å². The highest BCUT2D eigenvalue weighted by Crippen LogP contribution is 1.90. The van der Waals surface area contributed by atoms with Gasteiger partial charge in [-0.25, -0.2) is 0 Å². The minimum absolute atomic E-state index is 0.242. The maximum absolute atomic E-state index is 5.79. The predicted octanol–water partition coefficient (Wildman–Crippen LogP) is -1.01. The minimum atomic E-state index is 0.242. The Morgan fingerprint density at radius 2 is 1.75 bits per heavy atom. The third-order valence-electron chi connectivity index (χ3n) is 1.74. The Morgan fingerprint density at radius 3 is 2.33 bits per heavy atom. The normalized spacial score (nSPS) is 13.2. The van der Waals surface area contributed by atoms with Crippen LogP contribution < -0.4 is 22.5 Å². The summed E-state index contributed by atoms with van der Waals surface area (Å²) < 4.78 is 0. The van der Waals surface area contributed by atoms with Crippen molar-refractivity contribution in [3.05, 3.63) is 0 Å². The van der Waals surface area contributed by atoms with Gasteiger partial charge in [0.2, 0.25) is 0 Å². The highest BCUT2D eigenvalue weighted by molar-refractivity contribution is 4.64. The molecule has 0 aliphatic carbocycles. The van der Waals surface area contributed by atoms with Gasteiger partial charge in [0.25, 0.3) is 0 Å². The molecule has 0 unspecified atom stereocenters. The van der Waals surface area contributed by atoms with Gasteiger partial charge in [0.15, 0.2) is 0 Å². The summed E-state index contributed by atoms with van der Waals surface area (Å²) in [6.45, 7) is 3.31. The second-order valence-corrected chi connectivity index (χ2v) is 3.04. The zero-order valence-corrected chi connectivity index (χ0v) is 7.76. The van der Waals surface area contributed by atoms with E-state index in [-0.39, 0.29) is 6.04 Å². The molecule has 0 aliphatic heterocycles. The van der Waals surface area contributed by atoms with Crippen molar-refractivity contribution in [2.45, 2.75) is 25.3 Å². The third kappa shape index (κ3) is 7.94. The number of rotatable bonds is 8. The van der Waals surface area contributed by atoms with Crippen LogP contribution in [0.1, 0.15) is 19.3 Å². The van der Waals surface area contributed by atoms with Gasteiger partial charge < -0.3 is 22.5 Å².